The summed E-state index contributed by atoms with van der Waals surface area (Å²) in [6.45, 7) is 0. The number of hydrogen-bond donors (Lipinski definition) is 0. The van der Waals surface area contributed by atoms with Crippen LogP contribution in [-0.2, 0) is 0 Å². The minimum Gasteiger partial charge on any atom is -0.291 e. The van der Waals surface area contributed by atoms with Crippen LogP contribution in [0.1, 0.15) is 20.7 Å². The molecule has 0 saturated carbocycles. The molecular formula is C18H11ClO2S. The molecule has 0 radical (unpaired) electrons. The molecule has 4 rings (SSSR count). The summed E-state index contributed by atoms with van der Waals surface area (Å²) in [6.07, 6.45) is 1.68. The molecule has 4 heteroatoms. The van der Waals surface area contributed by atoms with Gasteiger partial charge in [0.25, 0.3) is 0 Å². The summed E-state index contributed by atoms with van der Waals surface area (Å²) in [5, 5.41) is 4.10. The first kappa shape index (κ1) is 13.8. The second-order valence-corrected chi connectivity index (χ2v) is 7.21. The minimum absolute atomic E-state index is 0.309. The highest BCUT2D eigenvalue weighted by Gasteiger charge is 2.51. The number of ketones is 2. The first-order valence-electron chi connectivity index (χ1n) is 6.85. The van der Waals surface area contributed by atoms with Crippen LogP contribution < -0.4 is 0 Å². The van der Waals surface area contributed by atoms with E-state index in [-0.39, 0.29) is 11.6 Å². The fraction of sp³-hybridized carbons (Fsp3) is 0.111. The predicted molar refractivity (Wildman–Crippen MR) is 92.2 cm³/mol. The van der Waals surface area contributed by atoms with Gasteiger partial charge in [0.15, 0.2) is 0 Å². The van der Waals surface area contributed by atoms with Crippen LogP contribution in [0.3, 0.4) is 0 Å². The van der Waals surface area contributed by atoms with Gasteiger partial charge >= 0.3 is 0 Å². The van der Waals surface area contributed by atoms with E-state index in [4.69, 9.17) is 11.6 Å². The van der Waals surface area contributed by atoms with E-state index in [2.05, 4.69) is 0 Å². The minimum atomic E-state index is -1.50. The zero-order chi connectivity index (χ0) is 15.5. The molecular weight excluding hydrogens is 316 g/mol. The van der Waals surface area contributed by atoms with Crippen LogP contribution in [0.25, 0.3) is 21.5 Å². The summed E-state index contributed by atoms with van der Waals surface area (Å²) in [4.78, 5) is 25.0. The quantitative estimate of drug-likeness (QED) is 0.370. The Labute approximate surface area is 136 Å². The molecule has 0 fully saturated rings. The van der Waals surface area contributed by atoms with Crippen LogP contribution in [0.5, 0.6) is 0 Å². The van der Waals surface area contributed by atoms with Crippen molar-refractivity contribution in [3.63, 3.8) is 0 Å². The summed E-state index contributed by atoms with van der Waals surface area (Å²) in [5.74, 6) is -0.617. The van der Waals surface area contributed by atoms with E-state index in [1.165, 1.54) is 0 Å². The van der Waals surface area contributed by atoms with Gasteiger partial charge in [0.05, 0.1) is 0 Å². The van der Waals surface area contributed by atoms with Crippen molar-refractivity contribution in [2.75, 3.05) is 6.26 Å². The van der Waals surface area contributed by atoms with Gasteiger partial charge in [0.2, 0.25) is 15.8 Å². The fourth-order valence-electron chi connectivity index (χ4n) is 3.00. The molecule has 3 aromatic rings. The lowest BCUT2D eigenvalue weighted by Gasteiger charge is -2.13. The summed E-state index contributed by atoms with van der Waals surface area (Å²) < 4.78 is -1.50. The monoisotopic (exact) mass is 326 g/mol. The summed E-state index contributed by atoms with van der Waals surface area (Å²) in [7, 11) is 0. The molecule has 0 aliphatic heterocycles. The molecule has 0 bridgehead atoms. The SMILES string of the molecule is CSC1(Cl)C(=O)c2cc3cc4ccccc4cc3cc2C1=O. The van der Waals surface area contributed by atoms with E-state index in [0.717, 1.165) is 33.3 Å². The Bertz CT molecular complexity index is 903. The topological polar surface area (TPSA) is 34.1 Å². The highest BCUT2D eigenvalue weighted by molar-refractivity contribution is 8.03. The first-order chi connectivity index (χ1) is 10.5. The molecule has 0 saturated heterocycles. The maximum absolute atomic E-state index is 12.5. The summed E-state index contributed by atoms with van der Waals surface area (Å²) in [5.41, 5.74) is 0.856. The van der Waals surface area contributed by atoms with Gasteiger partial charge in [0, 0.05) is 11.1 Å². The van der Waals surface area contributed by atoms with Crippen molar-refractivity contribution in [2.24, 2.45) is 0 Å². The third kappa shape index (κ3) is 1.70. The molecule has 3 aromatic carbocycles. The maximum atomic E-state index is 12.5. The number of halogens is 1. The van der Waals surface area contributed by atoms with Crippen LogP contribution in [0.15, 0.2) is 48.5 Å². The molecule has 108 valence electrons. The Hall–Kier alpha value is -1.84. The first-order valence-corrected chi connectivity index (χ1v) is 8.45. The predicted octanol–water partition coefficient (Wildman–Crippen LogP) is 4.67. The van der Waals surface area contributed by atoms with Crippen LogP contribution in [-0.4, -0.2) is 22.0 Å². The van der Waals surface area contributed by atoms with Gasteiger partial charge in [-0.3, -0.25) is 9.59 Å². The molecule has 2 nitrogen and oxygen atoms in total. The van der Waals surface area contributed by atoms with Gasteiger partial charge in [-0.15, -0.1) is 11.8 Å². The Morgan fingerprint density at radius 1 is 0.818 bits per heavy atom. The zero-order valence-electron chi connectivity index (χ0n) is 11.7. The number of Topliss-reactive ketones (excluding diaryl/α,β-unsaturated/α-hetero) is 2. The number of hydrogen-bond acceptors (Lipinski definition) is 3. The smallest absolute Gasteiger partial charge is 0.215 e. The average Bonchev–Trinajstić information content (AvgIpc) is 2.73. The Morgan fingerprint density at radius 2 is 1.27 bits per heavy atom. The van der Waals surface area contributed by atoms with Crippen LogP contribution >= 0.6 is 23.4 Å². The van der Waals surface area contributed by atoms with Gasteiger partial charge in [0.1, 0.15) is 0 Å². The van der Waals surface area contributed by atoms with E-state index < -0.39 is 4.21 Å². The third-order valence-electron chi connectivity index (χ3n) is 4.20. The van der Waals surface area contributed by atoms with E-state index in [9.17, 15) is 9.59 Å². The number of carbonyl (C=O) groups excluding carboxylic acids is 2. The van der Waals surface area contributed by atoms with E-state index in [1.54, 1.807) is 18.4 Å². The fourth-order valence-corrected chi connectivity index (χ4v) is 3.80. The highest BCUT2D eigenvalue weighted by Crippen LogP contribution is 2.43. The van der Waals surface area contributed by atoms with Gasteiger partial charge in [-0.1, -0.05) is 35.9 Å². The largest absolute Gasteiger partial charge is 0.291 e. The van der Waals surface area contributed by atoms with Gasteiger partial charge in [-0.2, -0.15) is 0 Å². The molecule has 0 heterocycles. The average molecular weight is 327 g/mol. The number of rotatable bonds is 1. The van der Waals surface area contributed by atoms with Gasteiger partial charge in [-0.25, -0.2) is 0 Å². The molecule has 0 atom stereocenters. The normalized spacial score (nSPS) is 16.5. The zero-order valence-corrected chi connectivity index (χ0v) is 13.3. The van der Waals surface area contributed by atoms with Crippen LogP contribution in [0, 0.1) is 0 Å². The van der Waals surface area contributed by atoms with Crippen molar-refractivity contribution < 1.29 is 9.59 Å². The summed E-state index contributed by atoms with van der Waals surface area (Å²) >= 11 is 7.34. The molecule has 0 N–H and O–H groups in total. The second kappa shape index (κ2) is 4.58. The van der Waals surface area contributed by atoms with Crippen molar-refractivity contribution in [3.05, 3.63) is 59.7 Å². The molecule has 1 aliphatic carbocycles. The lowest BCUT2D eigenvalue weighted by atomic mass is 9.99. The van der Waals surface area contributed by atoms with Crippen LogP contribution in [0.4, 0.5) is 0 Å². The Balaban J connectivity index is 2.05. The van der Waals surface area contributed by atoms with Gasteiger partial charge in [-0.05, 0) is 52.1 Å². The van der Waals surface area contributed by atoms with Crippen molar-refractivity contribution >= 4 is 56.5 Å². The number of carbonyl (C=O) groups is 2. The third-order valence-corrected chi connectivity index (χ3v) is 5.94. The Kier molecular flexibility index (Phi) is 2.87. The standard InChI is InChI=1S/C18H11ClO2S/c1-22-18(19)16(20)14-8-12-6-10-4-2-3-5-11(10)7-13(12)9-15(14)17(18)21/h2-9H,1H3. The molecule has 0 aromatic heterocycles. The molecule has 22 heavy (non-hydrogen) atoms. The van der Waals surface area contributed by atoms with Gasteiger partial charge < -0.3 is 0 Å². The number of benzene rings is 3. The molecule has 0 spiro atoms. The number of thioether (sulfide) groups is 1. The molecule has 0 amide bonds. The lowest BCUT2D eigenvalue weighted by molar-refractivity contribution is 0.0912. The molecule has 0 unspecified atom stereocenters. The second-order valence-electron chi connectivity index (χ2n) is 5.40. The Morgan fingerprint density at radius 3 is 1.68 bits per heavy atom. The highest BCUT2D eigenvalue weighted by atomic mass is 35.5. The maximum Gasteiger partial charge on any atom is 0.215 e. The number of alkyl halides is 1. The van der Waals surface area contributed by atoms with Crippen molar-refractivity contribution in [1.82, 2.24) is 0 Å². The van der Waals surface area contributed by atoms with Crippen molar-refractivity contribution in [1.29, 1.82) is 0 Å². The van der Waals surface area contributed by atoms with E-state index in [1.807, 2.05) is 36.4 Å². The summed E-state index contributed by atoms with van der Waals surface area (Å²) in [6, 6.07) is 15.7. The molecule has 1 aliphatic rings. The number of fused-ring (bicyclic) bond motifs is 3. The van der Waals surface area contributed by atoms with Crippen LogP contribution in [0.2, 0.25) is 0 Å². The van der Waals surface area contributed by atoms with Crippen molar-refractivity contribution in [2.45, 2.75) is 4.21 Å². The lowest BCUT2D eigenvalue weighted by Crippen LogP contribution is -2.30. The van der Waals surface area contributed by atoms with E-state index in [0.29, 0.717) is 11.1 Å². The van der Waals surface area contributed by atoms with Crippen molar-refractivity contribution in [3.8, 4) is 0 Å². The van der Waals surface area contributed by atoms with E-state index >= 15 is 0 Å².